The minimum atomic E-state index is -0.410. The third-order valence-corrected chi connectivity index (χ3v) is 4.73. The molecule has 4 heterocycles. The Morgan fingerprint density at radius 1 is 1.41 bits per heavy atom. The fraction of sp³-hybridized carbons (Fsp3) is 0.143. The maximum atomic E-state index is 13.1. The predicted octanol–water partition coefficient (Wildman–Crippen LogP) is 1.73. The molecule has 4 aromatic heterocycles. The number of fused-ring (bicyclic) bond motifs is 2. The average Bonchev–Trinajstić information content (AvgIpc) is 3.23. The van der Waals surface area contributed by atoms with Gasteiger partial charge in [-0.3, -0.25) is 14.0 Å². The summed E-state index contributed by atoms with van der Waals surface area (Å²) in [5, 5.41) is 3.06. The minimum Gasteiger partial charge on any atom is -0.467 e. The average molecular weight is 390 g/mol. The zero-order valence-corrected chi connectivity index (χ0v) is 15.9. The quantitative estimate of drug-likeness (QED) is 0.307. The standard InChI is InChI=1S/C21H19N5O3/c1-3-8-25-17(22)15(20(27)23-12-14-7-5-10-29-14)11-16-19(25)24-18-13(2)6-4-9-26(18)21(16)28/h3-7,9-11,22H,1,8,12H2,2H3,(H,23,27)/p+1. The lowest BCUT2D eigenvalue weighted by Gasteiger charge is -2.11. The number of nitrogens with zero attached hydrogens (tertiary/aromatic N) is 3. The molecule has 0 bridgehead atoms. The number of carbonyl (C=O) groups excluding carboxylic acids is 1. The molecule has 0 aliphatic carbocycles. The Bertz CT molecular complexity index is 1310. The molecule has 3 N–H and O–H groups in total. The highest BCUT2D eigenvalue weighted by Gasteiger charge is 2.24. The predicted molar refractivity (Wildman–Crippen MR) is 108 cm³/mol. The molecule has 0 aliphatic heterocycles. The van der Waals surface area contributed by atoms with Crippen LogP contribution in [0.25, 0.3) is 16.7 Å². The Labute approximate surface area is 165 Å². The van der Waals surface area contributed by atoms with E-state index >= 15 is 0 Å². The number of anilines is 1. The van der Waals surface area contributed by atoms with Crippen LogP contribution in [-0.4, -0.2) is 15.3 Å². The molecule has 29 heavy (non-hydrogen) atoms. The second-order valence-corrected chi connectivity index (χ2v) is 6.64. The second-order valence-electron chi connectivity index (χ2n) is 6.64. The van der Waals surface area contributed by atoms with Crippen molar-refractivity contribution in [3.05, 3.63) is 82.7 Å². The molecular formula is C21H20N5O3+. The van der Waals surface area contributed by atoms with Crippen LogP contribution in [0.4, 0.5) is 5.82 Å². The summed E-state index contributed by atoms with van der Waals surface area (Å²) in [4.78, 5) is 30.6. The summed E-state index contributed by atoms with van der Waals surface area (Å²) in [6, 6.07) is 8.65. The number of nitrogens with one attached hydrogen (secondary N) is 1. The number of nitrogens with two attached hydrogens (primary N) is 1. The summed E-state index contributed by atoms with van der Waals surface area (Å²) in [5.74, 6) is 0.409. The molecule has 8 heteroatoms. The Balaban J connectivity index is 1.91. The molecule has 0 spiro atoms. The molecule has 4 aromatic rings. The van der Waals surface area contributed by atoms with E-state index in [1.807, 2.05) is 13.0 Å². The molecule has 0 fully saturated rings. The van der Waals surface area contributed by atoms with E-state index in [-0.39, 0.29) is 23.5 Å². The van der Waals surface area contributed by atoms with Crippen LogP contribution in [-0.2, 0) is 13.1 Å². The van der Waals surface area contributed by atoms with Gasteiger partial charge in [0, 0.05) is 11.8 Å². The van der Waals surface area contributed by atoms with Crippen LogP contribution < -0.4 is 21.2 Å². The van der Waals surface area contributed by atoms with E-state index < -0.39 is 5.91 Å². The molecule has 0 saturated heterocycles. The van der Waals surface area contributed by atoms with Crippen molar-refractivity contribution in [2.75, 3.05) is 5.73 Å². The SMILES string of the molecule is C=CC[n+]1c(N)c(C(=O)NCc2ccco2)cc2c(=O)n3cccc(C)c3nc21. The first kappa shape index (κ1) is 18.4. The normalized spacial score (nSPS) is 11.1. The molecule has 0 atom stereocenters. The third kappa shape index (κ3) is 3.14. The lowest BCUT2D eigenvalue weighted by atomic mass is 10.1. The van der Waals surface area contributed by atoms with Gasteiger partial charge in [0.05, 0.1) is 19.4 Å². The summed E-state index contributed by atoms with van der Waals surface area (Å²) in [6.07, 6.45) is 4.83. The number of hydrogen-bond donors (Lipinski definition) is 2. The van der Waals surface area contributed by atoms with Gasteiger partial charge in [0.1, 0.15) is 16.7 Å². The molecule has 0 aromatic carbocycles. The summed E-state index contributed by atoms with van der Waals surface area (Å²) in [5.41, 5.74) is 8.02. The van der Waals surface area contributed by atoms with Gasteiger partial charge in [-0.1, -0.05) is 23.7 Å². The highest BCUT2D eigenvalue weighted by atomic mass is 16.3. The van der Waals surface area contributed by atoms with Crippen molar-refractivity contribution in [3.63, 3.8) is 0 Å². The minimum absolute atomic E-state index is 0.192. The van der Waals surface area contributed by atoms with Crippen LogP contribution in [0.1, 0.15) is 21.7 Å². The molecule has 4 rings (SSSR count). The van der Waals surface area contributed by atoms with Gasteiger partial charge in [-0.25, -0.2) is 4.57 Å². The van der Waals surface area contributed by atoms with E-state index in [0.29, 0.717) is 29.0 Å². The second kappa shape index (κ2) is 7.23. The zero-order chi connectivity index (χ0) is 20.5. The number of carbonyl (C=O) groups is 1. The number of furan rings is 1. The van der Waals surface area contributed by atoms with Gasteiger partial charge in [-0.2, -0.15) is 0 Å². The molecule has 0 radical (unpaired) electrons. The smallest absolute Gasteiger partial charge is 0.278 e. The van der Waals surface area contributed by atoms with Gasteiger partial charge >= 0.3 is 0 Å². The summed E-state index contributed by atoms with van der Waals surface area (Å²) in [7, 11) is 0. The first-order valence-corrected chi connectivity index (χ1v) is 9.06. The van der Waals surface area contributed by atoms with Crippen LogP contribution in [0.2, 0.25) is 0 Å². The van der Waals surface area contributed by atoms with Crippen LogP contribution >= 0.6 is 0 Å². The van der Waals surface area contributed by atoms with Gasteiger partial charge < -0.3 is 15.5 Å². The van der Waals surface area contributed by atoms with Crippen LogP contribution in [0.15, 0.2) is 64.7 Å². The Morgan fingerprint density at radius 3 is 2.97 bits per heavy atom. The van der Waals surface area contributed by atoms with Crippen molar-refractivity contribution in [1.29, 1.82) is 0 Å². The molecule has 0 unspecified atom stereocenters. The van der Waals surface area contributed by atoms with Gasteiger partial charge in [-0.15, -0.1) is 0 Å². The lowest BCUT2D eigenvalue weighted by molar-refractivity contribution is -0.648. The van der Waals surface area contributed by atoms with Crippen molar-refractivity contribution < 1.29 is 13.8 Å². The van der Waals surface area contributed by atoms with E-state index in [9.17, 15) is 9.59 Å². The number of pyridine rings is 2. The van der Waals surface area contributed by atoms with Crippen molar-refractivity contribution >= 4 is 28.4 Å². The zero-order valence-electron chi connectivity index (χ0n) is 15.9. The number of allylic oxidation sites excluding steroid dienone is 1. The first-order valence-electron chi connectivity index (χ1n) is 9.06. The summed E-state index contributed by atoms with van der Waals surface area (Å²) in [6.45, 7) is 6.14. The van der Waals surface area contributed by atoms with E-state index in [2.05, 4.69) is 16.9 Å². The monoisotopic (exact) mass is 390 g/mol. The molecule has 146 valence electrons. The Kier molecular flexibility index (Phi) is 4.59. The highest BCUT2D eigenvalue weighted by Crippen LogP contribution is 2.16. The summed E-state index contributed by atoms with van der Waals surface area (Å²) >= 11 is 0. The van der Waals surface area contributed by atoms with Gasteiger partial charge in [0.2, 0.25) is 11.5 Å². The fourth-order valence-electron chi connectivity index (χ4n) is 3.28. The topological polar surface area (TPSA) is 107 Å². The summed E-state index contributed by atoms with van der Waals surface area (Å²) < 4.78 is 8.33. The van der Waals surface area contributed by atoms with E-state index in [4.69, 9.17) is 10.2 Å². The van der Waals surface area contributed by atoms with Crippen molar-refractivity contribution in [2.45, 2.75) is 20.0 Å². The molecule has 0 saturated carbocycles. The number of amides is 1. The van der Waals surface area contributed by atoms with Gasteiger partial charge in [0.15, 0.2) is 0 Å². The molecule has 8 nitrogen and oxygen atoms in total. The molecule has 0 aliphatic rings. The molecular weight excluding hydrogens is 370 g/mol. The first-order chi connectivity index (χ1) is 14.0. The van der Waals surface area contributed by atoms with Gasteiger partial charge in [0.25, 0.3) is 17.1 Å². The highest BCUT2D eigenvalue weighted by molar-refractivity contribution is 6.00. The lowest BCUT2D eigenvalue weighted by Crippen LogP contribution is -2.42. The largest absolute Gasteiger partial charge is 0.467 e. The van der Waals surface area contributed by atoms with Crippen LogP contribution in [0.5, 0.6) is 0 Å². The van der Waals surface area contributed by atoms with Crippen molar-refractivity contribution in [1.82, 2.24) is 14.7 Å². The number of aromatic nitrogens is 3. The number of nitrogen functional groups attached to an aromatic ring is 1. The van der Waals surface area contributed by atoms with Crippen molar-refractivity contribution in [2.24, 2.45) is 0 Å². The Hall–Kier alpha value is -3.94. The third-order valence-electron chi connectivity index (χ3n) is 4.73. The van der Waals surface area contributed by atoms with E-state index in [1.165, 1.54) is 16.7 Å². The fourth-order valence-corrected chi connectivity index (χ4v) is 3.28. The number of aryl methyl sites for hydroxylation is 1. The molecule has 1 amide bonds. The van der Waals surface area contributed by atoms with E-state index in [1.54, 1.807) is 35.0 Å². The number of rotatable bonds is 5. The van der Waals surface area contributed by atoms with Gasteiger partial charge in [-0.05, 0) is 31.2 Å². The maximum absolute atomic E-state index is 13.1. The van der Waals surface area contributed by atoms with Crippen LogP contribution in [0.3, 0.4) is 0 Å². The Morgan fingerprint density at radius 2 is 2.24 bits per heavy atom. The van der Waals surface area contributed by atoms with Crippen LogP contribution in [0, 0.1) is 6.92 Å². The van der Waals surface area contributed by atoms with Crippen molar-refractivity contribution in [3.8, 4) is 0 Å². The maximum Gasteiger partial charge on any atom is 0.278 e. The van der Waals surface area contributed by atoms with E-state index in [0.717, 1.165) is 5.56 Å². The number of hydrogen-bond acceptors (Lipinski definition) is 5.